The van der Waals surface area contributed by atoms with Crippen LogP contribution in [0.5, 0.6) is 0 Å². The molecule has 1 aliphatic carbocycles. The molecule has 0 saturated carbocycles. The second kappa shape index (κ2) is 10.00. The number of benzene rings is 5. The van der Waals surface area contributed by atoms with Crippen molar-refractivity contribution in [2.75, 3.05) is 0 Å². The summed E-state index contributed by atoms with van der Waals surface area (Å²) in [6, 6.07) is 42.4. The number of rotatable bonds is 4. The molecule has 0 fully saturated rings. The fourth-order valence-electron chi connectivity index (χ4n) is 6.86. The van der Waals surface area contributed by atoms with Gasteiger partial charge in [0.25, 0.3) is 0 Å². The van der Waals surface area contributed by atoms with Crippen molar-refractivity contribution in [3.63, 3.8) is 0 Å². The van der Waals surface area contributed by atoms with Gasteiger partial charge in [0, 0.05) is 36.2 Å². The number of hydrogen-bond acceptors (Lipinski definition) is 3. The van der Waals surface area contributed by atoms with Crippen LogP contribution in [0.3, 0.4) is 0 Å². The molecule has 0 atom stereocenters. The van der Waals surface area contributed by atoms with Gasteiger partial charge in [-0.3, -0.25) is 9.13 Å². The Kier molecular flexibility index (Phi) is 6.00. The molecule has 0 saturated heterocycles. The minimum atomic E-state index is -0.0518. The van der Waals surface area contributed by atoms with Crippen molar-refractivity contribution in [2.24, 2.45) is 14.1 Å². The maximum Gasteiger partial charge on any atom is 0.328 e. The average Bonchev–Trinajstić information content (AvgIpc) is 3.45. The van der Waals surface area contributed by atoms with Crippen molar-refractivity contribution in [3.05, 3.63) is 143 Å². The molecule has 0 radical (unpaired) electrons. The highest BCUT2D eigenvalue weighted by Gasteiger charge is 2.35. The van der Waals surface area contributed by atoms with E-state index in [1.54, 1.807) is 16.2 Å². The van der Waals surface area contributed by atoms with E-state index in [9.17, 15) is 4.79 Å². The van der Waals surface area contributed by atoms with Crippen LogP contribution in [0.15, 0.2) is 126 Å². The van der Waals surface area contributed by atoms with E-state index in [0.717, 1.165) is 50.2 Å². The second-order valence-corrected chi connectivity index (χ2v) is 12.4. The van der Waals surface area contributed by atoms with Gasteiger partial charge in [0.2, 0.25) is 0 Å². The second-order valence-electron chi connectivity index (χ2n) is 12.4. The lowest BCUT2D eigenvalue weighted by atomic mass is 9.82. The predicted octanol–water partition coefficient (Wildman–Crippen LogP) is 8.64. The van der Waals surface area contributed by atoms with Gasteiger partial charge >= 0.3 is 5.69 Å². The highest BCUT2D eigenvalue weighted by molar-refractivity contribution is 5.85. The normalized spacial score (nSPS) is 13.2. The number of fused-ring (bicyclic) bond motifs is 4. The molecule has 1 aliphatic rings. The van der Waals surface area contributed by atoms with Gasteiger partial charge < -0.3 is 0 Å². The summed E-state index contributed by atoms with van der Waals surface area (Å²) >= 11 is 0. The zero-order chi connectivity index (χ0) is 30.9. The molecule has 7 aromatic rings. The molecule has 5 nitrogen and oxygen atoms in total. The monoisotopic (exact) mass is 584 g/mol. The number of nitrogens with zero attached hydrogens (tertiary/aromatic N) is 4. The van der Waals surface area contributed by atoms with Crippen molar-refractivity contribution in [1.29, 1.82) is 0 Å². The molecular weight excluding hydrogens is 552 g/mol. The van der Waals surface area contributed by atoms with E-state index >= 15 is 0 Å². The van der Waals surface area contributed by atoms with Crippen molar-refractivity contribution >= 4 is 11.0 Å². The van der Waals surface area contributed by atoms with Crippen LogP contribution in [0.4, 0.5) is 0 Å². The quantitative estimate of drug-likeness (QED) is 0.208. The zero-order valence-corrected chi connectivity index (χ0v) is 25.7. The summed E-state index contributed by atoms with van der Waals surface area (Å²) in [5, 5.41) is 0. The van der Waals surface area contributed by atoms with Gasteiger partial charge in [-0.2, -0.15) is 0 Å². The van der Waals surface area contributed by atoms with Crippen LogP contribution in [-0.2, 0) is 19.5 Å². The minimum Gasteiger partial charge on any atom is -0.295 e. The molecule has 0 aliphatic heterocycles. The lowest BCUT2D eigenvalue weighted by Gasteiger charge is -2.21. The molecule has 2 aromatic heterocycles. The van der Waals surface area contributed by atoms with Crippen molar-refractivity contribution in [2.45, 2.75) is 19.3 Å². The van der Waals surface area contributed by atoms with E-state index in [1.165, 1.54) is 22.3 Å². The van der Waals surface area contributed by atoms with Gasteiger partial charge in [0.05, 0.1) is 22.4 Å². The van der Waals surface area contributed by atoms with Gasteiger partial charge in [0.15, 0.2) is 5.82 Å². The number of aromatic nitrogens is 4. The molecule has 0 amide bonds. The first-order valence-electron chi connectivity index (χ1n) is 15.3. The van der Waals surface area contributed by atoms with E-state index < -0.39 is 0 Å². The van der Waals surface area contributed by atoms with Gasteiger partial charge in [-0.15, -0.1) is 0 Å². The lowest BCUT2D eigenvalue weighted by molar-refractivity contribution is 0.660. The minimum absolute atomic E-state index is 0.0254. The molecule has 8 rings (SSSR count). The Morgan fingerprint density at radius 2 is 1.09 bits per heavy atom. The first-order chi connectivity index (χ1) is 21.8. The van der Waals surface area contributed by atoms with Gasteiger partial charge in [-0.25, -0.2) is 14.8 Å². The molecule has 5 heteroatoms. The number of hydrogen-bond donors (Lipinski definition) is 0. The predicted molar refractivity (Wildman–Crippen MR) is 183 cm³/mol. The summed E-state index contributed by atoms with van der Waals surface area (Å²) in [5.74, 6) is 0.705. The standard InChI is InChI=1S/C40H32N4O/c1-40(2)32-13-9-8-12-30(32)31-22-29(18-20-33(31)40)38-41-34(26-10-6-5-7-11-26)24-35(42-38)27-16-14-25(15-17-27)28-19-21-36-37(23-28)44(4)39(45)43(36)3/h5-24H,1-4H3. The SMILES string of the molecule is Cn1c(=O)n(C)c2cc(-c3ccc(-c4cc(-c5ccccc5)nc(-c5ccc6c(c5)-c5ccccc5C6(C)C)n4)cc3)ccc21. The van der Waals surface area contributed by atoms with Crippen LogP contribution in [0.1, 0.15) is 25.0 Å². The molecule has 218 valence electrons. The van der Waals surface area contributed by atoms with Gasteiger partial charge in [-0.05, 0) is 57.6 Å². The van der Waals surface area contributed by atoms with Crippen molar-refractivity contribution in [3.8, 4) is 56.2 Å². The first kappa shape index (κ1) is 27.0. The highest BCUT2D eigenvalue weighted by Crippen LogP contribution is 2.49. The van der Waals surface area contributed by atoms with Crippen LogP contribution >= 0.6 is 0 Å². The van der Waals surface area contributed by atoms with E-state index in [1.807, 2.05) is 31.3 Å². The van der Waals surface area contributed by atoms with Crippen LogP contribution in [0.25, 0.3) is 67.2 Å². The topological polar surface area (TPSA) is 52.7 Å². The molecule has 5 aromatic carbocycles. The smallest absolute Gasteiger partial charge is 0.295 e. The summed E-state index contributed by atoms with van der Waals surface area (Å²) in [7, 11) is 3.62. The Morgan fingerprint density at radius 1 is 0.511 bits per heavy atom. The number of aryl methyl sites for hydroxylation is 2. The summed E-state index contributed by atoms with van der Waals surface area (Å²) in [6.07, 6.45) is 0. The van der Waals surface area contributed by atoms with E-state index in [4.69, 9.17) is 9.97 Å². The maximum absolute atomic E-state index is 12.4. The Bertz CT molecular complexity index is 2330. The summed E-state index contributed by atoms with van der Waals surface area (Å²) < 4.78 is 3.37. The summed E-state index contributed by atoms with van der Waals surface area (Å²) in [5.41, 5.74) is 13.9. The largest absolute Gasteiger partial charge is 0.328 e. The fraction of sp³-hybridized carbons (Fsp3) is 0.125. The Morgan fingerprint density at radius 3 is 1.84 bits per heavy atom. The number of imidazole rings is 1. The third-order valence-electron chi connectivity index (χ3n) is 9.42. The lowest BCUT2D eigenvalue weighted by Crippen LogP contribution is -2.19. The summed E-state index contributed by atoms with van der Waals surface area (Å²) in [4.78, 5) is 22.7. The van der Waals surface area contributed by atoms with Gasteiger partial charge in [0.1, 0.15) is 0 Å². The van der Waals surface area contributed by atoms with E-state index in [2.05, 4.69) is 111 Å². The molecule has 45 heavy (non-hydrogen) atoms. The first-order valence-corrected chi connectivity index (χ1v) is 15.3. The highest BCUT2D eigenvalue weighted by atomic mass is 16.1. The third-order valence-corrected chi connectivity index (χ3v) is 9.42. The Balaban J connectivity index is 1.23. The Hall–Kier alpha value is -5.55. The molecule has 2 heterocycles. The fourth-order valence-corrected chi connectivity index (χ4v) is 6.86. The summed E-state index contributed by atoms with van der Waals surface area (Å²) in [6.45, 7) is 4.59. The third kappa shape index (κ3) is 4.26. The van der Waals surface area contributed by atoms with Crippen molar-refractivity contribution in [1.82, 2.24) is 19.1 Å². The van der Waals surface area contributed by atoms with E-state index in [-0.39, 0.29) is 11.1 Å². The van der Waals surface area contributed by atoms with E-state index in [0.29, 0.717) is 5.82 Å². The van der Waals surface area contributed by atoms with Gasteiger partial charge in [-0.1, -0.05) is 111 Å². The Labute approximate surface area is 262 Å². The van der Waals surface area contributed by atoms with Crippen LogP contribution in [0.2, 0.25) is 0 Å². The average molecular weight is 585 g/mol. The van der Waals surface area contributed by atoms with Crippen LogP contribution in [-0.4, -0.2) is 19.1 Å². The maximum atomic E-state index is 12.4. The van der Waals surface area contributed by atoms with Crippen LogP contribution < -0.4 is 5.69 Å². The molecule has 0 N–H and O–H groups in total. The molecule has 0 spiro atoms. The van der Waals surface area contributed by atoms with Crippen molar-refractivity contribution < 1.29 is 0 Å². The van der Waals surface area contributed by atoms with Crippen LogP contribution in [0, 0.1) is 0 Å². The molecule has 0 unspecified atom stereocenters. The zero-order valence-electron chi connectivity index (χ0n) is 25.7. The molecular formula is C40H32N4O. The molecule has 0 bridgehead atoms.